The highest BCUT2D eigenvalue weighted by molar-refractivity contribution is 6.30. The predicted molar refractivity (Wildman–Crippen MR) is 108 cm³/mol. The van der Waals surface area contributed by atoms with E-state index in [1.165, 1.54) is 6.08 Å². The topological polar surface area (TPSA) is 93.2 Å². The van der Waals surface area contributed by atoms with Crippen LogP contribution in [0.5, 0.6) is 0 Å². The summed E-state index contributed by atoms with van der Waals surface area (Å²) in [6, 6.07) is 7.20. The molecule has 2 aliphatic rings. The molecule has 8 heteroatoms. The molecule has 0 atom stereocenters. The number of aromatic nitrogens is 2. The van der Waals surface area contributed by atoms with E-state index in [4.69, 9.17) is 22.4 Å². The van der Waals surface area contributed by atoms with E-state index >= 15 is 0 Å². The molecule has 2 aliphatic heterocycles. The van der Waals surface area contributed by atoms with Gasteiger partial charge in [0.2, 0.25) is 5.91 Å². The number of fused-ring (bicyclic) bond motifs is 2. The summed E-state index contributed by atoms with van der Waals surface area (Å²) in [6.45, 7) is 5.56. The first-order chi connectivity index (χ1) is 13.4. The predicted octanol–water partition coefficient (Wildman–Crippen LogP) is 2.62. The molecule has 2 aromatic rings. The molecule has 1 spiro atoms. The third-order valence-corrected chi connectivity index (χ3v) is 6.01. The van der Waals surface area contributed by atoms with Crippen LogP contribution in [0.15, 0.2) is 36.9 Å². The van der Waals surface area contributed by atoms with Gasteiger partial charge in [-0.25, -0.2) is 4.68 Å². The number of amides is 2. The van der Waals surface area contributed by atoms with Crippen molar-refractivity contribution in [3.05, 3.63) is 47.5 Å². The minimum Gasteiger partial charge on any atom is -0.369 e. The molecular formula is C20H22ClN5O2. The van der Waals surface area contributed by atoms with Crippen LogP contribution in [0.1, 0.15) is 29.6 Å². The van der Waals surface area contributed by atoms with Gasteiger partial charge in [0.1, 0.15) is 17.1 Å². The molecule has 2 amide bonds. The highest BCUT2D eigenvalue weighted by Crippen LogP contribution is 2.42. The van der Waals surface area contributed by atoms with Crippen LogP contribution >= 0.6 is 11.6 Å². The van der Waals surface area contributed by atoms with Crippen molar-refractivity contribution in [3.63, 3.8) is 0 Å². The van der Waals surface area contributed by atoms with Crippen molar-refractivity contribution >= 4 is 29.2 Å². The molecule has 0 radical (unpaired) electrons. The van der Waals surface area contributed by atoms with Gasteiger partial charge >= 0.3 is 0 Å². The van der Waals surface area contributed by atoms with Crippen molar-refractivity contribution in [2.45, 2.75) is 24.8 Å². The summed E-state index contributed by atoms with van der Waals surface area (Å²) in [4.78, 5) is 26.0. The quantitative estimate of drug-likeness (QED) is 0.776. The smallest absolute Gasteiger partial charge is 0.254 e. The van der Waals surface area contributed by atoms with Crippen LogP contribution in [0.25, 0.3) is 11.3 Å². The minimum absolute atomic E-state index is 0.0517. The van der Waals surface area contributed by atoms with Crippen LogP contribution in [-0.4, -0.2) is 46.1 Å². The van der Waals surface area contributed by atoms with Gasteiger partial charge < -0.3 is 16.0 Å². The van der Waals surface area contributed by atoms with Crippen LogP contribution in [0.4, 0.5) is 5.82 Å². The van der Waals surface area contributed by atoms with Gasteiger partial charge in [-0.1, -0.05) is 30.3 Å². The van der Waals surface area contributed by atoms with Crippen LogP contribution in [-0.2, 0) is 10.3 Å². The molecule has 28 heavy (non-hydrogen) atoms. The minimum atomic E-state index is -0.518. The standard InChI is InChI=1S/C20H22ClN5O2/c1-2-15(27)25-11-8-20(9-12-25)7-10-23-19-16(18(22)28)17(24-26(19)20)13-3-5-14(21)6-4-13/h2-6,23H,1,7-12H2,(H2,22,28). The third kappa shape index (κ3) is 2.96. The molecular weight excluding hydrogens is 378 g/mol. The lowest BCUT2D eigenvalue weighted by Gasteiger charge is -2.44. The summed E-state index contributed by atoms with van der Waals surface area (Å²) in [5.74, 6) is 0.0892. The number of rotatable bonds is 3. The maximum Gasteiger partial charge on any atom is 0.254 e. The van der Waals surface area contributed by atoms with Crippen molar-refractivity contribution in [1.82, 2.24) is 14.7 Å². The second-order valence-corrected chi connectivity index (χ2v) is 7.72. The number of likely N-dealkylation sites (tertiary alicyclic amines) is 1. The Bertz CT molecular complexity index is 942. The van der Waals surface area contributed by atoms with Gasteiger partial charge in [-0.15, -0.1) is 0 Å². The molecule has 7 nitrogen and oxygen atoms in total. The summed E-state index contributed by atoms with van der Waals surface area (Å²) < 4.78 is 1.93. The van der Waals surface area contributed by atoms with Crippen molar-refractivity contribution in [1.29, 1.82) is 0 Å². The van der Waals surface area contributed by atoms with Crippen molar-refractivity contribution in [3.8, 4) is 11.3 Å². The fourth-order valence-corrected chi connectivity index (χ4v) is 4.35. The van der Waals surface area contributed by atoms with E-state index in [0.717, 1.165) is 31.4 Å². The number of nitrogens with two attached hydrogens (primary N) is 1. The molecule has 3 heterocycles. The van der Waals surface area contributed by atoms with E-state index in [1.54, 1.807) is 17.0 Å². The Morgan fingerprint density at radius 1 is 1.21 bits per heavy atom. The lowest BCUT2D eigenvalue weighted by molar-refractivity contribution is -0.128. The van der Waals surface area contributed by atoms with Crippen LogP contribution in [0, 0.1) is 0 Å². The largest absolute Gasteiger partial charge is 0.369 e. The van der Waals surface area contributed by atoms with Gasteiger partial charge in [-0.2, -0.15) is 5.10 Å². The first-order valence-corrected chi connectivity index (χ1v) is 9.67. The Balaban J connectivity index is 1.77. The maximum atomic E-state index is 12.3. The van der Waals surface area contributed by atoms with Gasteiger partial charge in [-0.05, 0) is 37.5 Å². The average molecular weight is 400 g/mol. The normalized spacial score (nSPS) is 17.7. The number of hydrogen-bond donors (Lipinski definition) is 2. The number of benzene rings is 1. The van der Waals surface area contributed by atoms with Gasteiger partial charge in [0, 0.05) is 30.2 Å². The molecule has 0 aliphatic carbocycles. The van der Waals surface area contributed by atoms with E-state index in [-0.39, 0.29) is 11.4 Å². The first kappa shape index (κ1) is 18.6. The Kier molecular flexibility index (Phi) is 4.63. The second-order valence-electron chi connectivity index (χ2n) is 7.29. The molecule has 0 bridgehead atoms. The van der Waals surface area contributed by atoms with Gasteiger partial charge in [0.15, 0.2) is 0 Å². The van der Waals surface area contributed by atoms with E-state index in [1.807, 2.05) is 16.8 Å². The van der Waals surface area contributed by atoms with Gasteiger partial charge in [-0.3, -0.25) is 9.59 Å². The second kappa shape index (κ2) is 6.98. The van der Waals surface area contributed by atoms with Crippen LogP contribution < -0.4 is 11.1 Å². The van der Waals surface area contributed by atoms with E-state index in [0.29, 0.717) is 35.2 Å². The van der Waals surface area contributed by atoms with E-state index < -0.39 is 5.91 Å². The molecule has 146 valence electrons. The molecule has 1 saturated heterocycles. The summed E-state index contributed by atoms with van der Waals surface area (Å²) in [7, 11) is 0. The molecule has 1 fully saturated rings. The average Bonchev–Trinajstić information content (AvgIpc) is 3.10. The fraction of sp³-hybridized carbons (Fsp3) is 0.350. The Morgan fingerprint density at radius 2 is 1.89 bits per heavy atom. The third-order valence-electron chi connectivity index (χ3n) is 5.76. The molecule has 4 rings (SSSR count). The highest BCUT2D eigenvalue weighted by atomic mass is 35.5. The van der Waals surface area contributed by atoms with E-state index in [9.17, 15) is 9.59 Å². The molecule has 0 saturated carbocycles. The molecule has 0 unspecified atom stereocenters. The highest BCUT2D eigenvalue weighted by Gasteiger charge is 2.43. The number of carbonyl (C=O) groups is 2. The zero-order chi connectivity index (χ0) is 19.9. The SMILES string of the molecule is C=CC(=O)N1CCC2(CCNc3c(C(N)=O)c(-c4ccc(Cl)cc4)nn32)CC1. The number of piperidine rings is 1. The summed E-state index contributed by atoms with van der Waals surface area (Å²) >= 11 is 6.00. The number of nitrogens with one attached hydrogen (secondary N) is 1. The first-order valence-electron chi connectivity index (χ1n) is 9.30. The van der Waals surface area contributed by atoms with Gasteiger partial charge in [0.25, 0.3) is 5.91 Å². The fourth-order valence-electron chi connectivity index (χ4n) is 4.22. The monoisotopic (exact) mass is 399 g/mol. The van der Waals surface area contributed by atoms with Crippen LogP contribution in [0.3, 0.4) is 0 Å². The summed E-state index contributed by atoms with van der Waals surface area (Å²) in [6.07, 6.45) is 3.75. The summed E-state index contributed by atoms with van der Waals surface area (Å²) in [5.41, 5.74) is 7.22. The number of anilines is 1. The number of nitrogens with zero attached hydrogens (tertiary/aromatic N) is 3. The Hall–Kier alpha value is -2.80. The van der Waals surface area contributed by atoms with Crippen molar-refractivity contribution < 1.29 is 9.59 Å². The van der Waals surface area contributed by atoms with Crippen LogP contribution in [0.2, 0.25) is 5.02 Å². The lowest BCUT2D eigenvalue weighted by Crippen LogP contribution is -2.51. The zero-order valence-electron chi connectivity index (χ0n) is 15.4. The maximum absolute atomic E-state index is 12.3. The summed E-state index contributed by atoms with van der Waals surface area (Å²) in [5, 5.41) is 8.75. The number of hydrogen-bond acceptors (Lipinski definition) is 4. The Morgan fingerprint density at radius 3 is 2.50 bits per heavy atom. The lowest BCUT2D eigenvalue weighted by atomic mass is 9.83. The van der Waals surface area contributed by atoms with Crippen molar-refractivity contribution in [2.75, 3.05) is 25.0 Å². The molecule has 1 aromatic carbocycles. The molecule has 3 N–H and O–H groups in total. The number of primary amides is 1. The zero-order valence-corrected chi connectivity index (χ0v) is 16.2. The van der Waals surface area contributed by atoms with Gasteiger partial charge in [0.05, 0.1) is 5.54 Å². The van der Waals surface area contributed by atoms with E-state index in [2.05, 4.69) is 11.9 Å². The number of carbonyl (C=O) groups excluding carboxylic acids is 2. The van der Waals surface area contributed by atoms with Crippen molar-refractivity contribution in [2.24, 2.45) is 5.73 Å². The Labute approximate surface area is 168 Å². The molecule has 1 aromatic heterocycles. The number of halogens is 1.